The zero-order valence-electron chi connectivity index (χ0n) is 64.4. The van der Waals surface area contributed by atoms with Crippen LogP contribution < -0.4 is 44.7 Å². The molecule has 6 saturated carbocycles. The number of aromatic nitrogens is 9. The Kier molecular flexibility index (Phi) is 19.9. The van der Waals surface area contributed by atoms with Crippen molar-refractivity contribution < 1.29 is 83.0 Å². The Hall–Kier alpha value is -8.75. The fourth-order valence-corrected chi connectivity index (χ4v) is 23.4. The van der Waals surface area contributed by atoms with Crippen LogP contribution in [0.25, 0.3) is 67.1 Å². The van der Waals surface area contributed by atoms with E-state index in [4.69, 9.17) is 41.3 Å². The van der Waals surface area contributed by atoms with E-state index in [0.29, 0.717) is 89.7 Å². The Labute approximate surface area is 676 Å². The van der Waals surface area contributed by atoms with Crippen LogP contribution in [0.1, 0.15) is 153 Å². The number of aliphatic hydroxyl groups excluding tert-OH is 2. The molecule has 571 valence electrons. The summed E-state index contributed by atoms with van der Waals surface area (Å²) < 4.78 is 83.4. The van der Waals surface area contributed by atoms with Crippen LogP contribution in [0.5, 0.6) is 0 Å². The fraction of sp³-hybridized carbons (Fsp3) is 0.419. The van der Waals surface area contributed by atoms with Gasteiger partial charge in [-0.25, -0.2) is 28.1 Å². The third-order valence-electron chi connectivity index (χ3n) is 26.9. The van der Waals surface area contributed by atoms with Crippen LogP contribution in [-0.2, 0) is 9.59 Å². The number of benzene rings is 6. The quantitative estimate of drug-likeness (QED) is 0.0808. The monoisotopic (exact) mass is 1540 g/mol. The van der Waals surface area contributed by atoms with Crippen LogP contribution in [0.4, 0.5) is 29.6 Å². The van der Waals surface area contributed by atoms with Crippen molar-refractivity contribution >= 4 is 76.9 Å². The third kappa shape index (κ3) is 12.7. The molecule has 0 spiro atoms. The zero-order valence-corrected chi connectivity index (χ0v) is 65.1. The number of para-hydroxylation sites is 6. The molecule has 6 saturated heterocycles. The summed E-state index contributed by atoms with van der Waals surface area (Å²) in [6.45, 7) is 0. The number of hydrogen-bond donors (Lipinski definition) is 3. The van der Waals surface area contributed by atoms with Crippen LogP contribution in [0.2, 0.25) is 5.35 Å². The number of piperidine rings is 6. The Balaban J connectivity index is 0.000000117. The van der Waals surface area contributed by atoms with Crippen LogP contribution in [-0.4, -0.2) is 130 Å². The first-order valence-electron chi connectivity index (χ1n) is 39.3. The minimum absolute atomic E-state index is 0. The molecule has 15 aliphatic rings. The van der Waals surface area contributed by atoms with Gasteiger partial charge in [-0.3, -0.25) is 14.0 Å². The number of carbonyl (C=O) groups is 2. The van der Waals surface area contributed by atoms with E-state index in [9.17, 15) is 32.3 Å². The molecule has 19 nitrogen and oxygen atoms in total. The minimum Gasteiger partial charge on any atom is -1.00 e. The van der Waals surface area contributed by atoms with Crippen LogP contribution >= 0.6 is 11.6 Å². The van der Waals surface area contributed by atoms with Crippen molar-refractivity contribution in [2.45, 2.75) is 176 Å². The molecule has 27 rings (SSSR count). The molecule has 9 aliphatic heterocycles. The maximum absolute atomic E-state index is 15.0. The predicted molar refractivity (Wildman–Crippen MR) is 414 cm³/mol. The van der Waals surface area contributed by atoms with Crippen molar-refractivity contribution in [3.05, 3.63) is 204 Å². The molecule has 26 heteroatoms. The van der Waals surface area contributed by atoms with Gasteiger partial charge in [0.2, 0.25) is 0 Å². The van der Waals surface area contributed by atoms with Gasteiger partial charge >= 0.3 is 29.6 Å². The summed E-state index contributed by atoms with van der Waals surface area (Å²) in [5, 5.41) is 22.7. The Morgan fingerprint density at radius 2 is 0.902 bits per heavy atom. The number of fused-ring (bicyclic) bond motifs is 12. The average Bonchev–Trinajstić information content (AvgIpc) is 1.13. The fourth-order valence-electron chi connectivity index (χ4n) is 23.3. The smallest absolute Gasteiger partial charge is 1.00 e. The van der Waals surface area contributed by atoms with Gasteiger partial charge in [0, 0.05) is 114 Å². The van der Waals surface area contributed by atoms with Crippen molar-refractivity contribution in [3.63, 3.8) is 0 Å². The van der Waals surface area contributed by atoms with Crippen molar-refractivity contribution in [2.24, 2.45) is 34.0 Å². The summed E-state index contributed by atoms with van der Waals surface area (Å²) in [5.41, 5.74) is 11.6. The van der Waals surface area contributed by atoms with Crippen molar-refractivity contribution in [3.8, 4) is 33.8 Å². The van der Waals surface area contributed by atoms with Crippen LogP contribution in [0.15, 0.2) is 178 Å². The number of Topliss-reactive ketones (excluding diaryl/α,β-unsaturated/α-hetero) is 2. The summed E-state index contributed by atoms with van der Waals surface area (Å²) in [6.07, 6.45) is 26.6. The maximum Gasteiger partial charge on any atom is 1.00 e. The topological polar surface area (TPSA) is 225 Å². The molecule has 12 aromatic rings. The van der Waals surface area contributed by atoms with E-state index in [-0.39, 0.29) is 114 Å². The molecule has 3 radical (unpaired) electrons. The SMILES string of the molecule is CO.Clc1nc2ccccc2o1.O=C(CC1c2c(F)cccc2-c2cncn21)C12CC3CC(C1)N(c1nc4ccccc4o1)C(C3)C2.O=C(CC1c2c(F)cccc2-c2cncn21)C12CC3CC(C1)NC(C3)C2.OC(CC1c2c(F)cccc2-c2cncn21)C12CC3CC(C1)N(c1nc4ccccc4o1)C(C3)C2.[2H]CF.[B].[H-].[Na+]. The number of halogens is 5. The van der Waals surface area contributed by atoms with Gasteiger partial charge in [0.05, 0.1) is 87.4 Å². The van der Waals surface area contributed by atoms with Gasteiger partial charge in [-0.2, -0.15) is 15.0 Å². The molecule has 12 fully saturated rings. The predicted octanol–water partition coefficient (Wildman–Crippen LogP) is 13.7. The number of imidazole rings is 3. The van der Waals surface area contributed by atoms with Crippen LogP contribution in [0, 0.1) is 51.5 Å². The summed E-state index contributed by atoms with van der Waals surface area (Å²) in [4.78, 5) is 58.7. The largest absolute Gasteiger partial charge is 1.00 e. The number of nitrogens with one attached hydrogen (secondary N) is 1. The van der Waals surface area contributed by atoms with E-state index in [1.165, 1.54) is 31.0 Å². The van der Waals surface area contributed by atoms with Gasteiger partial charge in [-0.05, 0) is 187 Å². The first-order chi connectivity index (χ1) is 54.1. The minimum atomic E-state index is -1.00. The van der Waals surface area contributed by atoms with E-state index in [1.54, 1.807) is 55.8 Å². The van der Waals surface area contributed by atoms with Gasteiger partial charge in [0.25, 0.3) is 17.4 Å². The van der Waals surface area contributed by atoms with Crippen molar-refractivity contribution in [1.29, 1.82) is 0 Å². The summed E-state index contributed by atoms with van der Waals surface area (Å²) >= 11 is 5.51. The number of alkyl halides is 1. The summed E-state index contributed by atoms with van der Waals surface area (Å²) in [7, 11) is 0. The van der Waals surface area contributed by atoms with E-state index >= 15 is 0 Å². The van der Waals surface area contributed by atoms with E-state index < -0.39 is 13.3 Å². The second-order valence-electron chi connectivity index (χ2n) is 32.8. The summed E-state index contributed by atoms with van der Waals surface area (Å²) in [6, 6.07) is 41.6. The molecule has 12 bridgehead atoms. The molecule has 0 amide bonds. The first kappa shape index (κ1) is 74.7. The molecule has 112 heavy (non-hydrogen) atoms. The number of aliphatic hydroxyl groups is 2. The van der Waals surface area contributed by atoms with Crippen molar-refractivity contribution in [2.75, 3.05) is 24.1 Å². The molecule has 3 N–H and O–H groups in total. The number of oxazole rings is 3. The average molecular weight is 1550 g/mol. The normalized spacial score (nSPS) is 28.7. The Bertz CT molecular complexity index is 5400. The number of hydrogen-bond acceptors (Lipinski definition) is 16. The zero-order chi connectivity index (χ0) is 75.8. The van der Waals surface area contributed by atoms with E-state index in [2.05, 4.69) is 35.1 Å². The number of anilines is 2. The van der Waals surface area contributed by atoms with Gasteiger partial charge in [0.1, 0.15) is 45.6 Å². The van der Waals surface area contributed by atoms with Gasteiger partial charge < -0.3 is 53.7 Å². The molecule has 6 aromatic heterocycles. The van der Waals surface area contributed by atoms with Gasteiger partial charge in [-0.15, -0.1) is 0 Å². The molecule has 10 atom stereocenters. The van der Waals surface area contributed by atoms with Gasteiger partial charge in [-0.1, -0.05) is 72.8 Å². The number of nitrogens with zero attached hydrogens (tertiary/aromatic N) is 11. The van der Waals surface area contributed by atoms with Crippen LogP contribution in [0.3, 0.4) is 0 Å². The van der Waals surface area contributed by atoms with E-state index in [0.717, 1.165) is 164 Å². The Morgan fingerprint density at radius 1 is 0.527 bits per heavy atom. The molecule has 6 aromatic carbocycles. The standard InChI is InChI=1S/C28H27FN4O2.C28H25FN4O2.C21H22FN3O.C7H4ClNO.CH3F.CH4O.B.Na.H/c2*29-20-5-3-4-19-23-14-30-15-32(23)22(26(19)20)10-25(34)28-11-16-8-17(12-28)33(18(9-16)13-28)27-31-21-6-1-2-7-24(21)35-27;22-16-3-1-2-15-18-10-23-11-25(18)17(20(15)16)6-19(26)21-7-12-4-13(8-21)24-14(5-12)9-21;8-7-9-5-3-1-2-4-6(5)10-7;2*1-2;;;/h1-7,14-18,22,25,34H,8-13H2;1-7,14-18,22H,8-13H2;1-3,10-14,17,24H,4-9H2;1-4H;1H3;2H,1H3;;;/q;;;;;;;+1;-1/i;;;;1D;;;;. The number of rotatable bonds is 11. The van der Waals surface area contributed by atoms with Gasteiger partial charge in [0.15, 0.2) is 16.7 Å². The molecule has 15 heterocycles. The second kappa shape index (κ2) is 29.9. The van der Waals surface area contributed by atoms with E-state index in [1.807, 2.05) is 105 Å². The number of ketones is 2. The Morgan fingerprint density at radius 3 is 1.33 bits per heavy atom. The molecule has 10 unspecified atom stereocenters. The van der Waals surface area contributed by atoms with Crippen molar-refractivity contribution in [1.82, 2.24) is 48.9 Å². The molecular formula is C86H86BClF4N12NaO7. The first-order valence-corrected chi connectivity index (χ1v) is 39.0. The molecular weight excluding hydrogens is 1460 g/mol. The molecule has 6 aliphatic carbocycles. The maximum atomic E-state index is 15.0. The third-order valence-corrected chi connectivity index (χ3v) is 27.1. The number of carbonyl (C=O) groups excluding carboxylic acids is 2. The summed E-state index contributed by atoms with van der Waals surface area (Å²) in [5.74, 6) is 1.81. The second-order valence-corrected chi connectivity index (χ2v) is 33.2.